The topological polar surface area (TPSA) is 102 Å². The van der Waals surface area contributed by atoms with Crippen LogP contribution in [-0.2, 0) is 11.2 Å². The molecule has 2 aromatic carbocycles. The Morgan fingerprint density at radius 1 is 0.929 bits per heavy atom. The van der Waals surface area contributed by atoms with Gasteiger partial charge in [0.15, 0.2) is 5.84 Å². The van der Waals surface area contributed by atoms with Gasteiger partial charge in [-0.3, -0.25) is 4.90 Å². The molecule has 0 bridgehead atoms. The van der Waals surface area contributed by atoms with Crippen LogP contribution in [0.25, 0.3) is 11.3 Å². The number of thiazole rings is 1. The third-order valence-corrected chi connectivity index (χ3v) is 9.42. The molecule has 0 unspecified atom stereocenters. The first-order valence-electron chi connectivity index (χ1n) is 15.4. The van der Waals surface area contributed by atoms with Crippen molar-refractivity contribution in [2.75, 3.05) is 46.1 Å². The maximum atomic E-state index is 8.76. The highest BCUT2D eigenvalue weighted by Crippen LogP contribution is 2.39. The number of hydrogen-bond acceptors (Lipinski definition) is 8. The Kier molecular flexibility index (Phi) is 11.5. The summed E-state index contributed by atoms with van der Waals surface area (Å²) < 4.78 is 17.4. The molecule has 8 nitrogen and oxygen atoms in total. The zero-order valence-corrected chi connectivity index (χ0v) is 25.3. The van der Waals surface area contributed by atoms with E-state index in [0.717, 1.165) is 70.0 Å². The van der Waals surface area contributed by atoms with Crippen molar-refractivity contribution in [2.45, 2.75) is 63.7 Å². The number of ether oxygens (including phenoxy) is 3. The van der Waals surface area contributed by atoms with Crippen LogP contribution in [0.15, 0.2) is 53.7 Å². The number of rotatable bonds is 14. The molecule has 0 radical (unpaired) electrons. The van der Waals surface area contributed by atoms with E-state index in [9.17, 15) is 0 Å². The van der Waals surface area contributed by atoms with Gasteiger partial charge in [-0.05, 0) is 87.1 Å². The Morgan fingerprint density at radius 3 is 2.21 bits per heavy atom. The van der Waals surface area contributed by atoms with Gasteiger partial charge in [-0.2, -0.15) is 0 Å². The summed E-state index contributed by atoms with van der Waals surface area (Å²) in [5.41, 5.74) is 8.61. The molecule has 2 fully saturated rings. The standard InChI is InChI=1S/C33H44N4O4S/c34-32(36-38)26-11-15-29(16-12-26)41-22-6-2-5-21-40-28-13-9-25(10-14-28)31-30(17-18-37-19-23-39-24-20-37)42-33(35-31)27-7-3-1-4-8-27/h9-16,27,38H,1-8,17-24H2,(H2,34,36). The summed E-state index contributed by atoms with van der Waals surface area (Å²) in [6.07, 6.45) is 10.6. The lowest BCUT2D eigenvalue weighted by molar-refractivity contribution is 0.0385. The molecule has 2 aliphatic rings. The number of morpholine rings is 1. The lowest BCUT2D eigenvalue weighted by Gasteiger charge is -2.26. The van der Waals surface area contributed by atoms with E-state index in [2.05, 4.69) is 34.3 Å². The maximum Gasteiger partial charge on any atom is 0.170 e. The highest BCUT2D eigenvalue weighted by Gasteiger charge is 2.23. The van der Waals surface area contributed by atoms with Gasteiger partial charge < -0.3 is 25.2 Å². The van der Waals surface area contributed by atoms with E-state index in [1.807, 2.05) is 23.5 Å². The van der Waals surface area contributed by atoms with Crippen LogP contribution in [0.4, 0.5) is 0 Å². The van der Waals surface area contributed by atoms with Gasteiger partial charge in [0, 0.05) is 41.6 Å². The molecule has 9 heteroatoms. The largest absolute Gasteiger partial charge is 0.494 e. The Balaban J connectivity index is 1.08. The van der Waals surface area contributed by atoms with E-state index in [0.29, 0.717) is 24.7 Å². The van der Waals surface area contributed by atoms with Crippen molar-refractivity contribution >= 4 is 17.2 Å². The van der Waals surface area contributed by atoms with Gasteiger partial charge in [0.2, 0.25) is 0 Å². The molecule has 2 heterocycles. The fourth-order valence-corrected chi connectivity index (χ4v) is 6.87. The molecule has 5 rings (SSSR count). The number of amidine groups is 1. The van der Waals surface area contributed by atoms with E-state index in [-0.39, 0.29) is 5.84 Å². The van der Waals surface area contributed by atoms with Crippen LogP contribution in [0.1, 0.15) is 72.7 Å². The SMILES string of the molecule is NC(=NO)c1ccc(OCCCCCOc2ccc(-c3nc(C4CCCCC4)sc3CCN3CCOCC3)cc2)cc1. The summed E-state index contributed by atoms with van der Waals surface area (Å²) in [6.45, 7) is 6.11. The second-order valence-electron chi connectivity index (χ2n) is 11.2. The van der Waals surface area contributed by atoms with Crippen LogP contribution in [0.3, 0.4) is 0 Å². The minimum absolute atomic E-state index is 0.0901. The van der Waals surface area contributed by atoms with E-state index in [1.165, 1.54) is 53.2 Å². The number of benzene rings is 2. The van der Waals surface area contributed by atoms with Crippen molar-refractivity contribution in [3.63, 3.8) is 0 Å². The van der Waals surface area contributed by atoms with Gasteiger partial charge in [-0.25, -0.2) is 4.98 Å². The summed E-state index contributed by atoms with van der Waals surface area (Å²) >= 11 is 1.95. The fraction of sp³-hybridized carbons (Fsp3) is 0.515. The molecule has 1 saturated heterocycles. The molecule has 226 valence electrons. The van der Waals surface area contributed by atoms with Crippen molar-refractivity contribution in [1.29, 1.82) is 0 Å². The maximum absolute atomic E-state index is 8.76. The highest BCUT2D eigenvalue weighted by atomic mass is 32.1. The Morgan fingerprint density at radius 2 is 1.57 bits per heavy atom. The molecule has 0 atom stereocenters. The number of oxime groups is 1. The van der Waals surface area contributed by atoms with E-state index >= 15 is 0 Å². The van der Waals surface area contributed by atoms with Crippen molar-refractivity contribution in [3.8, 4) is 22.8 Å². The van der Waals surface area contributed by atoms with Crippen molar-refractivity contribution in [1.82, 2.24) is 9.88 Å². The lowest BCUT2D eigenvalue weighted by Crippen LogP contribution is -2.37. The second kappa shape index (κ2) is 15.9. The van der Waals surface area contributed by atoms with Gasteiger partial charge in [-0.15, -0.1) is 11.3 Å². The Labute approximate surface area is 253 Å². The zero-order valence-electron chi connectivity index (χ0n) is 24.5. The smallest absolute Gasteiger partial charge is 0.170 e. The third-order valence-electron chi connectivity index (χ3n) is 8.14. The molecular weight excluding hydrogens is 548 g/mol. The molecule has 0 spiro atoms. The van der Waals surface area contributed by atoms with Crippen LogP contribution in [0, 0.1) is 0 Å². The molecule has 1 saturated carbocycles. The van der Waals surface area contributed by atoms with Gasteiger partial charge in [0.25, 0.3) is 0 Å². The minimum atomic E-state index is 0.0901. The summed E-state index contributed by atoms with van der Waals surface area (Å²) in [6, 6.07) is 15.7. The van der Waals surface area contributed by atoms with Crippen molar-refractivity contribution < 1.29 is 19.4 Å². The van der Waals surface area contributed by atoms with Crippen LogP contribution in [-0.4, -0.2) is 67.0 Å². The first-order valence-corrected chi connectivity index (χ1v) is 16.2. The van der Waals surface area contributed by atoms with E-state index in [4.69, 9.17) is 30.1 Å². The van der Waals surface area contributed by atoms with Crippen LogP contribution in [0.2, 0.25) is 0 Å². The molecule has 0 amide bonds. The molecule has 3 N–H and O–H groups in total. The number of nitrogens with zero attached hydrogens (tertiary/aromatic N) is 3. The Hall–Kier alpha value is -3.14. The molecule has 42 heavy (non-hydrogen) atoms. The van der Waals surface area contributed by atoms with Crippen LogP contribution < -0.4 is 15.2 Å². The lowest BCUT2D eigenvalue weighted by atomic mass is 9.90. The quantitative estimate of drug-likeness (QED) is 0.0729. The predicted molar refractivity (Wildman–Crippen MR) is 168 cm³/mol. The number of unbranched alkanes of at least 4 members (excludes halogenated alkanes) is 2. The molecule has 1 aliphatic carbocycles. The summed E-state index contributed by atoms with van der Waals surface area (Å²) in [4.78, 5) is 9.17. The van der Waals surface area contributed by atoms with Gasteiger partial charge in [0.05, 0.1) is 37.1 Å². The van der Waals surface area contributed by atoms with Crippen molar-refractivity contribution in [2.24, 2.45) is 10.9 Å². The van der Waals surface area contributed by atoms with Crippen LogP contribution in [0.5, 0.6) is 11.5 Å². The van der Waals surface area contributed by atoms with Crippen molar-refractivity contribution in [3.05, 3.63) is 64.0 Å². The first-order chi connectivity index (χ1) is 20.7. The predicted octanol–water partition coefficient (Wildman–Crippen LogP) is 6.46. The first kappa shape index (κ1) is 30.3. The number of nitrogens with two attached hydrogens (primary N) is 1. The molecule has 1 aliphatic heterocycles. The Bertz CT molecular complexity index is 1250. The summed E-state index contributed by atoms with van der Waals surface area (Å²) in [5, 5.41) is 13.1. The van der Waals surface area contributed by atoms with E-state index < -0.39 is 0 Å². The summed E-state index contributed by atoms with van der Waals surface area (Å²) in [5.74, 6) is 2.39. The molecular formula is C33H44N4O4S. The molecule has 3 aromatic rings. The van der Waals surface area contributed by atoms with Gasteiger partial charge >= 0.3 is 0 Å². The fourth-order valence-electron chi connectivity index (χ4n) is 5.62. The number of hydrogen-bond donors (Lipinski definition) is 2. The van der Waals surface area contributed by atoms with E-state index in [1.54, 1.807) is 12.1 Å². The average Bonchev–Trinajstić information content (AvgIpc) is 3.49. The minimum Gasteiger partial charge on any atom is -0.494 e. The average molecular weight is 593 g/mol. The van der Waals surface area contributed by atoms with Gasteiger partial charge in [0.1, 0.15) is 11.5 Å². The third kappa shape index (κ3) is 8.69. The molecule has 1 aromatic heterocycles. The number of aromatic nitrogens is 1. The van der Waals surface area contributed by atoms with Gasteiger partial charge in [-0.1, -0.05) is 24.4 Å². The summed E-state index contributed by atoms with van der Waals surface area (Å²) in [7, 11) is 0. The van der Waals surface area contributed by atoms with Crippen LogP contribution >= 0.6 is 11.3 Å². The highest BCUT2D eigenvalue weighted by molar-refractivity contribution is 7.12. The normalized spacial score (nSPS) is 16.9. The zero-order chi connectivity index (χ0) is 29.0. The second-order valence-corrected chi connectivity index (χ2v) is 12.3. The monoisotopic (exact) mass is 592 g/mol.